The van der Waals surface area contributed by atoms with Crippen molar-refractivity contribution in [3.8, 4) is 50.2 Å². The molecule has 0 atom stereocenters. The van der Waals surface area contributed by atoms with Crippen LogP contribution in [-0.4, -0.2) is 4.57 Å². The Hall–Kier alpha value is -7.94. The summed E-state index contributed by atoms with van der Waals surface area (Å²) in [4.78, 5) is 2.41. The molecule has 10 aromatic carbocycles. The zero-order valence-electron chi connectivity index (χ0n) is 33.0. The molecule has 0 N–H and O–H groups in total. The molecule has 0 bridgehead atoms. The summed E-state index contributed by atoms with van der Waals surface area (Å²) in [5.41, 5.74) is 16.4. The molecule has 0 unspecified atom stereocenters. The molecule has 2 nitrogen and oxygen atoms in total. The van der Waals surface area contributed by atoms with Crippen LogP contribution in [0, 0.1) is 0 Å². The zero-order chi connectivity index (χ0) is 39.8. The smallest absolute Gasteiger partial charge is 0.0541 e. The van der Waals surface area contributed by atoms with Crippen LogP contribution in [0.1, 0.15) is 0 Å². The first kappa shape index (κ1) is 35.2. The van der Waals surface area contributed by atoms with E-state index in [0.29, 0.717) is 0 Å². The van der Waals surface area contributed by atoms with Gasteiger partial charge >= 0.3 is 0 Å². The second-order valence-corrected chi connectivity index (χ2v) is 15.3. The first-order valence-corrected chi connectivity index (χ1v) is 20.6. The van der Waals surface area contributed by atoms with Gasteiger partial charge in [-0.3, -0.25) is 0 Å². The van der Waals surface area contributed by atoms with Gasteiger partial charge in [0, 0.05) is 33.4 Å². The normalized spacial score (nSPS) is 11.3. The van der Waals surface area contributed by atoms with Gasteiger partial charge in [0.25, 0.3) is 0 Å². The van der Waals surface area contributed by atoms with Gasteiger partial charge in [-0.15, -0.1) is 0 Å². The molecule has 2 heteroatoms. The Kier molecular flexibility index (Phi) is 8.87. The monoisotopic (exact) mass is 764 g/mol. The third kappa shape index (κ3) is 6.23. The van der Waals surface area contributed by atoms with Crippen molar-refractivity contribution in [2.45, 2.75) is 0 Å². The predicted octanol–water partition coefficient (Wildman–Crippen LogP) is 16.1. The molecule has 0 saturated carbocycles. The number of hydrogen-bond acceptors (Lipinski definition) is 1. The van der Waals surface area contributed by atoms with Crippen LogP contribution < -0.4 is 4.90 Å². The van der Waals surface area contributed by atoms with Crippen molar-refractivity contribution in [1.82, 2.24) is 4.57 Å². The molecular formula is C58H40N2. The maximum Gasteiger partial charge on any atom is 0.0541 e. The highest BCUT2D eigenvalue weighted by molar-refractivity contribution is 6.11. The molecule has 1 heterocycles. The van der Waals surface area contributed by atoms with Crippen LogP contribution in [0.2, 0.25) is 0 Å². The fourth-order valence-corrected chi connectivity index (χ4v) is 8.99. The highest BCUT2D eigenvalue weighted by atomic mass is 15.1. The van der Waals surface area contributed by atoms with Crippen molar-refractivity contribution in [2.24, 2.45) is 0 Å². The van der Waals surface area contributed by atoms with E-state index in [1.165, 1.54) is 77.1 Å². The van der Waals surface area contributed by atoms with Crippen LogP contribution >= 0.6 is 0 Å². The molecule has 0 amide bonds. The van der Waals surface area contributed by atoms with Gasteiger partial charge < -0.3 is 9.47 Å². The van der Waals surface area contributed by atoms with E-state index in [1.54, 1.807) is 0 Å². The number of rotatable bonds is 8. The van der Waals surface area contributed by atoms with E-state index in [-0.39, 0.29) is 0 Å². The molecule has 11 rings (SSSR count). The second kappa shape index (κ2) is 15.1. The maximum absolute atomic E-state index is 2.41. The summed E-state index contributed by atoms with van der Waals surface area (Å²) in [6.07, 6.45) is 0. The van der Waals surface area contributed by atoms with Crippen molar-refractivity contribution in [3.05, 3.63) is 243 Å². The average molecular weight is 765 g/mol. The van der Waals surface area contributed by atoms with E-state index in [4.69, 9.17) is 0 Å². The molecule has 0 spiro atoms. The minimum absolute atomic E-state index is 1.09. The molecule has 1 aromatic heterocycles. The van der Waals surface area contributed by atoms with Crippen LogP contribution in [0.4, 0.5) is 17.1 Å². The Bertz CT molecular complexity index is 3270. The van der Waals surface area contributed by atoms with E-state index in [2.05, 4.69) is 252 Å². The summed E-state index contributed by atoms with van der Waals surface area (Å²) in [6, 6.07) is 87.8. The predicted molar refractivity (Wildman–Crippen MR) is 255 cm³/mol. The third-order valence-electron chi connectivity index (χ3n) is 11.8. The largest absolute Gasteiger partial charge is 0.310 e. The summed E-state index contributed by atoms with van der Waals surface area (Å²) < 4.78 is 2.37. The van der Waals surface area contributed by atoms with Gasteiger partial charge in [-0.05, 0) is 110 Å². The molecule has 11 aromatic rings. The van der Waals surface area contributed by atoms with Crippen molar-refractivity contribution in [3.63, 3.8) is 0 Å². The van der Waals surface area contributed by atoms with Crippen LogP contribution in [0.3, 0.4) is 0 Å². The van der Waals surface area contributed by atoms with E-state index < -0.39 is 0 Å². The van der Waals surface area contributed by atoms with E-state index in [0.717, 1.165) is 22.7 Å². The Morgan fingerprint density at radius 1 is 0.300 bits per heavy atom. The van der Waals surface area contributed by atoms with Crippen molar-refractivity contribution in [2.75, 3.05) is 4.90 Å². The van der Waals surface area contributed by atoms with Crippen molar-refractivity contribution >= 4 is 49.6 Å². The molecule has 0 saturated heterocycles. The van der Waals surface area contributed by atoms with E-state index >= 15 is 0 Å². The molecule has 0 radical (unpaired) electrons. The van der Waals surface area contributed by atoms with Gasteiger partial charge in [0.15, 0.2) is 0 Å². The zero-order valence-corrected chi connectivity index (χ0v) is 33.0. The van der Waals surface area contributed by atoms with Crippen LogP contribution in [0.5, 0.6) is 0 Å². The summed E-state index contributed by atoms with van der Waals surface area (Å²) in [7, 11) is 0. The Morgan fingerprint density at radius 3 is 1.50 bits per heavy atom. The number of anilines is 3. The molecule has 282 valence electrons. The number of fused-ring (bicyclic) bond motifs is 4. The summed E-state index contributed by atoms with van der Waals surface area (Å²) in [6.45, 7) is 0. The fraction of sp³-hybridized carbons (Fsp3) is 0. The first-order valence-electron chi connectivity index (χ1n) is 20.6. The number of aromatic nitrogens is 1. The standard InChI is InChI=1S/C58H40N2/c1-4-16-41(17-5-1)42-30-35-48(36-31-42)59(55-28-12-10-24-51(55)53-27-15-21-45-20-14-26-50(58(45)53)44-18-6-2-7-19-44)49-37-32-43(33-38-49)46-34-39-57-54(40-46)52-25-11-13-29-56(52)60(57)47-22-8-3-9-23-47/h1-40H. The molecule has 0 aliphatic rings. The Labute approximate surface area is 350 Å². The maximum atomic E-state index is 2.41. The Morgan fingerprint density at radius 2 is 0.800 bits per heavy atom. The molecule has 0 aliphatic carbocycles. The summed E-state index contributed by atoms with van der Waals surface area (Å²) in [5, 5.41) is 4.96. The molecular weight excluding hydrogens is 725 g/mol. The number of para-hydroxylation sites is 3. The van der Waals surface area contributed by atoms with Gasteiger partial charge in [-0.1, -0.05) is 182 Å². The Balaban J connectivity index is 1.05. The topological polar surface area (TPSA) is 8.17 Å². The number of hydrogen-bond donors (Lipinski definition) is 0. The lowest BCUT2D eigenvalue weighted by Gasteiger charge is -2.29. The van der Waals surface area contributed by atoms with E-state index in [9.17, 15) is 0 Å². The van der Waals surface area contributed by atoms with Crippen molar-refractivity contribution in [1.29, 1.82) is 0 Å². The van der Waals surface area contributed by atoms with Crippen LogP contribution in [-0.2, 0) is 0 Å². The minimum Gasteiger partial charge on any atom is -0.310 e. The van der Waals surface area contributed by atoms with Gasteiger partial charge in [0.05, 0.1) is 16.7 Å². The van der Waals surface area contributed by atoms with Gasteiger partial charge in [-0.25, -0.2) is 0 Å². The average Bonchev–Trinajstić information content (AvgIpc) is 3.66. The van der Waals surface area contributed by atoms with Crippen LogP contribution in [0.25, 0.3) is 82.8 Å². The number of benzene rings is 10. The first-order chi connectivity index (χ1) is 29.8. The van der Waals surface area contributed by atoms with E-state index in [1.807, 2.05) is 0 Å². The lowest BCUT2D eigenvalue weighted by Crippen LogP contribution is -2.11. The lowest BCUT2D eigenvalue weighted by molar-refractivity contribution is 1.18. The summed E-state index contributed by atoms with van der Waals surface area (Å²) >= 11 is 0. The van der Waals surface area contributed by atoms with Gasteiger partial charge in [0.1, 0.15) is 0 Å². The molecule has 60 heavy (non-hydrogen) atoms. The molecule has 0 aliphatic heterocycles. The number of nitrogens with zero attached hydrogens (tertiary/aromatic N) is 2. The van der Waals surface area contributed by atoms with Crippen LogP contribution in [0.15, 0.2) is 243 Å². The van der Waals surface area contributed by atoms with Crippen molar-refractivity contribution < 1.29 is 0 Å². The third-order valence-corrected chi connectivity index (χ3v) is 11.8. The highest BCUT2D eigenvalue weighted by Gasteiger charge is 2.20. The SMILES string of the molecule is c1ccc(-c2ccc(N(c3ccc(-c4ccc5c(c4)c4ccccc4n5-c4ccccc4)cc3)c3ccccc3-c3cccc4cccc(-c5ccccc5)c34)cc2)cc1. The summed E-state index contributed by atoms with van der Waals surface area (Å²) in [5.74, 6) is 0. The minimum atomic E-state index is 1.09. The highest BCUT2D eigenvalue weighted by Crippen LogP contribution is 2.45. The van der Waals surface area contributed by atoms with Gasteiger partial charge in [-0.2, -0.15) is 0 Å². The quantitative estimate of drug-likeness (QED) is 0.150. The molecule has 0 fully saturated rings. The lowest BCUT2D eigenvalue weighted by atomic mass is 9.90. The second-order valence-electron chi connectivity index (χ2n) is 15.3. The fourth-order valence-electron chi connectivity index (χ4n) is 8.99. The van der Waals surface area contributed by atoms with Gasteiger partial charge in [0.2, 0.25) is 0 Å².